The first-order chi connectivity index (χ1) is 22.9. The molecule has 0 heterocycles. The highest BCUT2D eigenvalue weighted by atomic mass is 32.3. The molecule has 0 saturated heterocycles. The molecular weight excluding hydrogens is 657 g/mol. The van der Waals surface area contributed by atoms with Crippen molar-refractivity contribution in [2.75, 3.05) is 20.8 Å². The highest BCUT2D eigenvalue weighted by Gasteiger charge is 2.64. The van der Waals surface area contributed by atoms with Gasteiger partial charge in [0.2, 0.25) is 0 Å². The zero-order valence-corrected chi connectivity index (χ0v) is 28.8. The lowest BCUT2D eigenvalue weighted by Crippen LogP contribution is -2.50. The molecule has 256 valence electrons. The highest BCUT2D eigenvalue weighted by Crippen LogP contribution is 2.62. The zero-order chi connectivity index (χ0) is 34.5. The van der Waals surface area contributed by atoms with Crippen LogP contribution in [0.25, 0.3) is 0 Å². The van der Waals surface area contributed by atoms with Crippen LogP contribution in [0.5, 0.6) is 0 Å². The van der Waals surface area contributed by atoms with Gasteiger partial charge in [-0.25, -0.2) is 16.8 Å². The standard InChI is InChI=1S/C36H40O10S2/c1-4-46-32(37)28-19-27-26(30-20-35(21-31(28)30,33(38)44-2)34(39)45-3)16-15-23-17-18-36(22-29(23)27,47(40,41)24-11-7-5-8-12-24)48(42,43)25-13-9-6-10-14-25/h5-14,17,28-31H,4,15-16,18-22H2,1-3H3/t28-,29+,30?,31+/m1/s1. The minimum atomic E-state index is -4.49. The molecular formula is C36H40O10S2. The molecule has 1 unspecified atom stereocenters. The molecule has 12 heteroatoms. The van der Waals surface area contributed by atoms with Crippen LogP contribution in [-0.2, 0) is 48.3 Å². The predicted octanol–water partition coefficient (Wildman–Crippen LogP) is 5.00. The summed E-state index contributed by atoms with van der Waals surface area (Å²) in [6.07, 6.45) is 2.75. The fourth-order valence-corrected chi connectivity index (χ4v) is 13.8. The quantitative estimate of drug-likeness (QED) is 0.160. The summed E-state index contributed by atoms with van der Waals surface area (Å²) in [7, 11) is -6.56. The summed E-state index contributed by atoms with van der Waals surface area (Å²) in [5.41, 5.74) is 1.06. The third-order valence-electron chi connectivity index (χ3n) is 11.1. The maximum Gasteiger partial charge on any atom is 0.323 e. The minimum absolute atomic E-state index is 0.0410. The Morgan fingerprint density at radius 3 is 1.85 bits per heavy atom. The second kappa shape index (κ2) is 12.6. The Labute approximate surface area is 281 Å². The van der Waals surface area contributed by atoms with E-state index in [1.807, 2.05) is 0 Å². The number of esters is 3. The SMILES string of the molecule is CCOC(=O)[C@@H]1CC2=C(CCC3=CCC(S(=O)(=O)c4ccccc4)(S(=O)(=O)c4ccccc4)C[C@@H]32)C2CC(C(=O)OC)(C(=O)OC)C[C@H]21. The van der Waals surface area contributed by atoms with E-state index >= 15 is 0 Å². The fraction of sp³-hybridized carbons (Fsp3) is 0.472. The number of fused-ring (bicyclic) bond motifs is 4. The Morgan fingerprint density at radius 1 is 0.771 bits per heavy atom. The third-order valence-corrected chi connectivity index (χ3v) is 16.8. The molecule has 4 aliphatic rings. The van der Waals surface area contributed by atoms with Crippen LogP contribution < -0.4 is 0 Å². The smallest absolute Gasteiger partial charge is 0.323 e. The van der Waals surface area contributed by atoms with E-state index in [1.54, 1.807) is 49.4 Å². The number of ether oxygens (including phenoxy) is 3. The molecule has 48 heavy (non-hydrogen) atoms. The maximum absolute atomic E-state index is 14.7. The van der Waals surface area contributed by atoms with E-state index in [0.29, 0.717) is 12.8 Å². The molecule has 0 spiro atoms. The number of rotatable bonds is 8. The van der Waals surface area contributed by atoms with Crippen molar-refractivity contribution in [3.63, 3.8) is 0 Å². The average molecular weight is 697 g/mol. The molecule has 0 aliphatic heterocycles. The summed E-state index contributed by atoms with van der Waals surface area (Å²) < 4.78 is 72.3. The molecule has 0 radical (unpaired) electrons. The van der Waals surface area contributed by atoms with Crippen LogP contribution in [0.2, 0.25) is 0 Å². The molecule has 10 nitrogen and oxygen atoms in total. The molecule has 1 saturated carbocycles. The summed E-state index contributed by atoms with van der Waals surface area (Å²) in [4.78, 5) is 39.9. The molecule has 6 rings (SSSR count). The number of carbonyl (C=O) groups excluding carboxylic acids is 3. The lowest BCUT2D eigenvalue weighted by molar-refractivity contribution is -0.169. The predicted molar refractivity (Wildman–Crippen MR) is 174 cm³/mol. The minimum Gasteiger partial charge on any atom is -0.468 e. The van der Waals surface area contributed by atoms with Gasteiger partial charge >= 0.3 is 17.9 Å². The Morgan fingerprint density at radius 2 is 1.33 bits per heavy atom. The molecule has 0 N–H and O–H groups in total. The van der Waals surface area contributed by atoms with Crippen LogP contribution >= 0.6 is 0 Å². The average Bonchev–Trinajstić information content (AvgIpc) is 3.53. The number of hydrogen-bond donors (Lipinski definition) is 0. The molecule has 4 aliphatic carbocycles. The summed E-state index contributed by atoms with van der Waals surface area (Å²) in [6, 6.07) is 15.3. The number of benzene rings is 2. The number of carbonyl (C=O) groups is 3. The van der Waals surface area contributed by atoms with Gasteiger partial charge in [0.25, 0.3) is 0 Å². The summed E-state index contributed by atoms with van der Waals surface area (Å²) >= 11 is 0. The Hall–Kier alpha value is -3.77. The van der Waals surface area contributed by atoms with Gasteiger partial charge in [-0.1, -0.05) is 59.2 Å². The Bertz CT molecular complexity index is 1810. The van der Waals surface area contributed by atoms with Gasteiger partial charge in [-0.3, -0.25) is 14.4 Å². The largest absolute Gasteiger partial charge is 0.468 e. The number of methoxy groups -OCH3 is 2. The van der Waals surface area contributed by atoms with Crippen molar-refractivity contribution in [3.8, 4) is 0 Å². The molecule has 2 aromatic carbocycles. The second-order valence-corrected chi connectivity index (χ2v) is 17.9. The maximum atomic E-state index is 14.7. The molecule has 2 aromatic rings. The van der Waals surface area contributed by atoms with Gasteiger partial charge in [-0.15, -0.1) is 0 Å². The lowest BCUT2D eigenvalue weighted by atomic mass is 9.61. The van der Waals surface area contributed by atoms with E-state index < -0.39 is 70.7 Å². The molecule has 0 amide bonds. The van der Waals surface area contributed by atoms with Crippen LogP contribution in [-0.4, -0.2) is 59.6 Å². The van der Waals surface area contributed by atoms with Gasteiger partial charge < -0.3 is 14.2 Å². The van der Waals surface area contributed by atoms with Crippen molar-refractivity contribution >= 4 is 37.6 Å². The Kier molecular flexibility index (Phi) is 8.95. The summed E-state index contributed by atoms with van der Waals surface area (Å²) in [5.74, 6) is -4.09. The topological polar surface area (TPSA) is 147 Å². The lowest BCUT2D eigenvalue weighted by Gasteiger charge is -2.47. The van der Waals surface area contributed by atoms with Crippen molar-refractivity contribution in [2.45, 2.75) is 65.7 Å². The molecule has 0 aromatic heterocycles. The van der Waals surface area contributed by atoms with Gasteiger partial charge in [0.15, 0.2) is 29.2 Å². The van der Waals surface area contributed by atoms with Crippen molar-refractivity contribution in [1.29, 1.82) is 0 Å². The summed E-state index contributed by atoms with van der Waals surface area (Å²) in [5, 5.41) is 0. The van der Waals surface area contributed by atoms with Crippen LogP contribution in [0.3, 0.4) is 0 Å². The van der Waals surface area contributed by atoms with E-state index in [2.05, 4.69) is 0 Å². The van der Waals surface area contributed by atoms with Crippen LogP contribution in [0.1, 0.15) is 51.9 Å². The van der Waals surface area contributed by atoms with E-state index in [4.69, 9.17) is 14.2 Å². The van der Waals surface area contributed by atoms with Crippen molar-refractivity contribution in [1.82, 2.24) is 0 Å². The summed E-state index contributed by atoms with van der Waals surface area (Å²) in [6.45, 7) is 1.82. The van der Waals surface area contributed by atoms with Crippen LogP contribution in [0, 0.1) is 29.1 Å². The highest BCUT2D eigenvalue weighted by molar-refractivity contribution is 8.10. The molecule has 4 atom stereocenters. The number of allylic oxidation sites excluding steroid dienone is 4. The Balaban J connectivity index is 1.53. The van der Waals surface area contributed by atoms with Crippen LogP contribution in [0.15, 0.2) is 93.2 Å². The van der Waals surface area contributed by atoms with Gasteiger partial charge in [0, 0.05) is 12.3 Å². The second-order valence-electron chi connectivity index (χ2n) is 13.1. The van der Waals surface area contributed by atoms with Gasteiger partial charge in [0.05, 0.1) is 36.5 Å². The van der Waals surface area contributed by atoms with Gasteiger partial charge in [0.1, 0.15) is 0 Å². The van der Waals surface area contributed by atoms with E-state index in [0.717, 1.165) is 16.7 Å². The van der Waals surface area contributed by atoms with Crippen molar-refractivity contribution in [3.05, 3.63) is 83.5 Å². The first-order valence-corrected chi connectivity index (χ1v) is 19.2. The number of hydrogen-bond acceptors (Lipinski definition) is 10. The van der Waals surface area contributed by atoms with Crippen LogP contribution in [0.4, 0.5) is 0 Å². The first-order valence-electron chi connectivity index (χ1n) is 16.2. The number of sulfone groups is 2. The van der Waals surface area contributed by atoms with Gasteiger partial charge in [-0.05, 0) is 81.5 Å². The zero-order valence-electron chi connectivity index (χ0n) is 27.2. The van der Waals surface area contributed by atoms with Crippen molar-refractivity contribution in [2.24, 2.45) is 29.1 Å². The monoisotopic (exact) mass is 696 g/mol. The van der Waals surface area contributed by atoms with E-state index in [-0.39, 0.29) is 48.5 Å². The normalized spacial score (nSPS) is 25.9. The molecule has 1 fully saturated rings. The first kappa shape index (κ1) is 34.1. The van der Waals surface area contributed by atoms with E-state index in [1.165, 1.54) is 38.5 Å². The van der Waals surface area contributed by atoms with Gasteiger partial charge in [-0.2, -0.15) is 0 Å². The van der Waals surface area contributed by atoms with Crippen molar-refractivity contribution < 1.29 is 45.4 Å². The third kappa shape index (κ3) is 5.05. The fourth-order valence-electron chi connectivity index (χ4n) is 8.81. The van der Waals surface area contributed by atoms with E-state index in [9.17, 15) is 31.2 Å². The molecule has 0 bridgehead atoms.